The number of carbonyl (C=O) groups excluding carboxylic acids is 2. The summed E-state index contributed by atoms with van der Waals surface area (Å²) in [5.41, 5.74) is 6.30. The molecule has 0 aliphatic rings. The van der Waals surface area contributed by atoms with Crippen LogP contribution in [0.1, 0.15) is 16.0 Å². The first-order valence-corrected chi connectivity index (χ1v) is 9.69. The average molecular weight is 436 g/mol. The molecule has 1 aromatic carbocycles. The van der Waals surface area contributed by atoms with Crippen molar-refractivity contribution in [3.8, 4) is 0 Å². The van der Waals surface area contributed by atoms with E-state index in [1.54, 1.807) is 36.8 Å². The number of amides is 3. The number of halogens is 2. The van der Waals surface area contributed by atoms with Crippen molar-refractivity contribution < 1.29 is 9.59 Å². The smallest absolute Gasteiger partial charge is 0.282 e. The summed E-state index contributed by atoms with van der Waals surface area (Å²) < 4.78 is 0. The fraction of sp³-hybridized carbons (Fsp3) is 0.111. The third kappa shape index (κ3) is 6.19. The minimum absolute atomic E-state index is 0.109. The van der Waals surface area contributed by atoms with Crippen molar-refractivity contribution in [2.24, 2.45) is 0 Å². The third-order valence-corrected chi connectivity index (χ3v) is 4.83. The molecule has 0 bridgehead atoms. The minimum Gasteiger partial charge on any atom is -0.282 e. The monoisotopic (exact) mass is 435 g/mol. The van der Waals surface area contributed by atoms with Crippen LogP contribution in [0.25, 0.3) is 0 Å². The number of hydrazine groups is 1. The molecule has 7 nitrogen and oxygen atoms in total. The summed E-state index contributed by atoms with van der Waals surface area (Å²) in [7, 11) is 0. The molecule has 10 heteroatoms. The highest BCUT2D eigenvalue weighted by Crippen LogP contribution is 2.25. The number of hydrogen-bond acceptors (Lipinski definition) is 5. The van der Waals surface area contributed by atoms with E-state index in [1.165, 1.54) is 11.3 Å². The van der Waals surface area contributed by atoms with Crippen molar-refractivity contribution in [1.29, 1.82) is 0 Å². The van der Waals surface area contributed by atoms with E-state index in [1.807, 2.05) is 12.1 Å². The van der Waals surface area contributed by atoms with Gasteiger partial charge in [0.1, 0.15) is 0 Å². The Morgan fingerprint density at radius 2 is 1.82 bits per heavy atom. The van der Waals surface area contributed by atoms with Gasteiger partial charge in [0, 0.05) is 39.9 Å². The fourth-order valence-corrected chi connectivity index (χ4v) is 3.76. The lowest BCUT2D eigenvalue weighted by atomic mass is 10.1. The number of hydrogen-bond donors (Lipinski definition) is 3. The molecule has 144 valence electrons. The molecule has 0 spiro atoms. The molecule has 28 heavy (non-hydrogen) atoms. The van der Waals surface area contributed by atoms with Gasteiger partial charge in [0.05, 0.1) is 6.42 Å². The largest absolute Gasteiger partial charge is 0.339 e. The number of nitrogens with one attached hydrogen (secondary N) is 3. The molecule has 0 fully saturated rings. The van der Waals surface area contributed by atoms with Crippen LogP contribution >= 0.6 is 34.5 Å². The van der Waals surface area contributed by atoms with Crippen molar-refractivity contribution in [2.45, 2.75) is 12.8 Å². The van der Waals surface area contributed by atoms with Crippen molar-refractivity contribution in [3.05, 3.63) is 75.0 Å². The standard InChI is InChI=1S/C18H15Cl2N5O2S/c19-13-4-12(5-14(20)8-13)6-15-10-22-18(28-15)23-17(27)25-24-16(26)7-11-2-1-3-21-9-11/h1-5,8-10H,6-7H2,(H,24,26)(H2,22,23,25,27). The van der Waals surface area contributed by atoms with Crippen molar-refractivity contribution in [3.63, 3.8) is 0 Å². The lowest BCUT2D eigenvalue weighted by molar-refractivity contribution is -0.121. The van der Waals surface area contributed by atoms with Crippen LogP contribution in [0, 0.1) is 0 Å². The maximum atomic E-state index is 11.9. The molecular weight excluding hydrogens is 421 g/mol. The number of rotatable bonds is 5. The zero-order valence-electron chi connectivity index (χ0n) is 14.4. The van der Waals surface area contributed by atoms with Gasteiger partial charge >= 0.3 is 6.03 Å². The number of aromatic nitrogens is 2. The Hall–Kier alpha value is -2.68. The van der Waals surface area contributed by atoms with Gasteiger partial charge in [0.25, 0.3) is 0 Å². The Labute approximate surface area is 175 Å². The van der Waals surface area contributed by atoms with E-state index in [4.69, 9.17) is 23.2 Å². The molecule has 0 unspecified atom stereocenters. The van der Waals surface area contributed by atoms with Crippen LogP contribution in [-0.4, -0.2) is 21.9 Å². The molecule has 2 heterocycles. The van der Waals surface area contributed by atoms with E-state index < -0.39 is 6.03 Å². The molecule has 3 rings (SSSR count). The molecule has 0 aliphatic heterocycles. The Bertz CT molecular complexity index is 961. The van der Waals surface area contributed by atoms with Gasteiger partial charge in [0.2, 0.25) is 5.91 Å². The van der Waals surface area contributed by atoms with Gasteiger partial charge in [-0.15, -0.1) is 11.3 Å². The topological polar surface area (TPSA) is 96.0 Å². The first kappa shape index (κ1) is 20.1. The van der Waals surface area contributed by atoms with E-state index in [0.717, 1.165) is 16.0 Å². The summed E-state index contributed by atoms with van der Waals surface area (Å²) in [5.74, 6) is -0.360. The lowest BCUT2D eigenvalue weighted by Gasteiger charge is -2.07. The number of nitrogens with zero attached hydrogens (tertiary/aromatic N) is 2. The quantitative estimate of drug-likeness (QED) is 0.530. The summed E-state index contributed by atoms with van der Waals surface area (Å²) in [5, 5.41) is 4.10. The van der Waals surface area contributed by atoms with Crippen LogP contribution < -0.4 is 16.2 Å². The molecule has 3 amide bonds. The second-order valence-electron chi connectivity index (χ2n) is 5.75. The zero-order chi connectivity index (χ0) is 19.9. The van der Waals surface area contributed by atoms with Crippen molar-refractivity contribution in [2.75, 3.05) is 5.32 Å². The second-order valence-corrected chi connectivity index (χ2v) is 7.74. The molecule has 0 saturated carbocycles. The van der Waals surface area contributed by atoms with Crippen LogP contribution in [-0.2, 0) is 17.6 Å². The van der Waals surface area contributed by atoms with Crippen LogP contribution in [0.3, 0.4) is 0 Å². The maximum Gasteiger partial charge on any atom is 0.339 e. The first-order chi connectivity index (χ1) is 13.5. The van der Waals surface area contributed by atoms with Gasteiger partial charge < -0.3 is 0 Å². The van der Waals surface area contributed by atoms with E-state index in [0.29, 0.717) is 21.6 Å². The number of urea groups is 1. The van der Waals surface area contributed by atoms with Gasteiger partial charge in [-0.25, -0.2) is 15.2 Å². The molecule has 0 atom stereocenters. The Kier molecular flexibility index (Phi) is 6.80. The molecule has 3 N–H and O–H groups in total. The zero-order valence-corrected chi connectivity index (χ0v) is 16.7. The van der Waals surface area contributed by atoms with E-state index >= 15 is 0 Å². The summed E-state index contributed by atoms with van der Waals surface area (Å²) in [6.45, 7) is 0. The highest BCUT2D eigenvalue weighted by atomic mass is 35.5. The Morgan fingerprint density at radius 3 is 2.54 bits per heavy atom. The van der Waals surface area contributed by atoms with Gasteiger partial charge in [0.15, 0.2) is 5.13 Å². The highest BCUT2D eigenvalue weighted by molar-refractivity contribution is 7.15. The van der Waals surface area contributed by atoms with Gasteiger partial charge in [-0.2, -0.15) is 0 Å². The predicted octanol–water partition coefficient (Wildman–Crippen LogP) is 3.83. The number of pyridine rings is 1. The molecule has 0 saturated heterocycles. The molecule has 2 aromatic heterocycles. The Morgan fingerprint density at radius 1 is 1.04 bits per heavy atom. The van der Waals surface area contributed by atoms with E-state index in [2.05, 4.69) is 26.1 Å². The SMILES string of the molecule is O=C(Cc1cccnc1)NNC(=O)Nc1ncc(Cc2cc(Cl)cc(Cl)c2)s1. The molecule has 0 aliphatic carbocycles. The first-order valence-electron chi connectivity index (χ1n) is 8.12. The highest BCUT2D eigenvalue weighted by Gasteiger charge is 2.09. The summed E-state index contributed by atoms with van der Waals surface area (Å²) in [4.78, 5) is 32.7. The number of benzene rings is 1. The Balaban J connectivity index is 1.47. The van der Waals surface area contributed by atoms with Crippen LogP contribution in [0.2, 0.25) is 10.0 Å². The van der Waals surface area contributed by atoms with Crippen LogP contribution in [0.15, 0.2) is 48.9 Å². The average Bonchev–Trinajstić information content (AvgIpc) is 3.06. The minimum atomic E-state index is -0.591. The van der Waals surface area contributed by atoms with E-state index in [-0.39, 0.29) is 12.3 Å². The van der Waals surface area contributed by atoms with Crippen LogP contribution in [0.4, 0.5) is 9.93 Å². The number of carbonyl (C=O) groups is 2. The predicted molar refractivity (Wildman–Crippen MR) is 110 cm³/mol. The number of thiazole rings is 1. The van der Waals surface area contributed by atoms with Crippen LogP contribution in [0.5, 0.6) is 0 Å². The lowest BCUT2D eigenvalue weighted by Crippen LogP contribution is -2.44. The third-order valence-electron chi connectivity index (χ3n) is 3.48. The normalized spacial score (nSPS) is 10.4. The van der Waals surface area contributed by atoms with Gasteiger partial charge in [-0.3, -0.25) is 20.5 Å². The maximum absolute atomic E-state index is 11.9. The summed E-state index contributed by atoms with van der Waals surface area (Å²) in [6, 6.07) is 8.23. The van der Waals surface area contributed by atoms with Gasteiger partial charge in [-0.05, 0) is 35.4 Å². The molecule has 0 radical (unpaired) electrons. The van der Waals surface area contributed by atoms with Crippen molar-refractivity contribution in [1.82, 2.24) is 20.8 Å². The van der Waals surface area contributed by atoms with Gasteiger partial charge in [-0.1, -0.05) is 29.3 Å². The summed E-state index contributed by atoms with van der Waals surface area (Å²) >= 11 is 13.3. The molecular formula is C18H15Cl2N5O2S. The second kappa shape index (κ2) is 9.50. The number of anilines is 1. The summed E-state index contributed by atoms with van der Waals surface area (Å²) in [6.07, 6.45) is 5.57. The fourth-order valence-electron chi connectivity index (χ4n) is 2.35. The van der Waals surface area contributed by atoms with E-state index in [9.17, 15) is 9.59 Å². The van der Waals surface area contributed by atoms with Crippen molar-refractivity contribution >= 4 is 51.6 Å². The molecule has 3 aromatic rings.